The van der Waals surface area contributed by atoms with Crippen LogP contribution in [-0.4, -0.2) is 5.91 Å². The van der Waals surface area contributed by atoms with Crippen LogP contribution in [0.1, 0.15) is 19.4 Å². The molecule has 0 saturated heterocycles. The normalized spacial score (nSPS) is 24.5. The lowest BCUT2D eigenvalue weighted by Gasteiger charge is -2.15. The summed E-state index contributed by atoms with van der Waals surface area (Å²) in [5, 5.41) is 11.1. The van der Waals surface area contributed by atoms with E-state index in [1.807, 2.05) is 12.1 Å². The number of nitrogens with one attached hydrogen (secondary N) is 1. The predicted molar refractivity (Wildman–Crippen MR) is 48.5 cm³/mol. The van der Waals surface area contributed by atoms with Gasteiger partial charge < -0.3 is 5.21 Å². The maximum atomic E-state index is 11.5. The molecular weight excluding hydrogens is 166 g/mol. The average Bonchev–Trinajstić information content (AvgIpc) is 2.30. The topological polar surface area (TPSA) is 44.6 Å². The maximum Gasteiger partial charge on any atom is 0.327 e. The van der Waals surface area contributed by atoms with Crippen molar-refractivity contribution >= 4 is 11.6 Å². The summed E-state index contributed by atoms with van der Waals surface area (Å²) >= 11 is 0. The first-order chi connectivity index (χ1) is 6.05. The van der Waals surface area contributed by atoms with Gasteiger partial charge in [0.15, 0.2) is 0 Å². The first-order valence-corrected chi connectivity index (χ1v) is 4.24. The average molecular weight is 177 g/mol. The Morgan fingerprint density at radius 1 is 1.31 bits per heavy atom. The zero-order chi connectivity index (χ0) is 9.64. The fourth-order valence-electron chi connectivity index (χ4n) is 1.75. The molecule has 0 fully saturated rings. The fourth-order valence-corrected chi connectivity index (χ4v) is 1.75. The second-order valence-corrected chi connectivity index (χ2v) is 3.83. The SMILES string of the molecule is CC1(C)C(=O)[NH+]([O-])c2ccccc21. The molecule has 1 unspecified atom stereocenters. The van der Waals surface area contributed by atoms with Crippen LogP contribution in [0.15, 0.2) is 24.3 Å². The second kappa shape index (κ2) is 2.40. The fraction of sp³-hybridized carbons (Fsp3) is 0.300. The van der Waals surface area contributed by atoms with Gasteiger partial charge in [-0.1, -0.05) is 18.2 Å². The van der Waals surface area contributed by atoms with E-state index in [9.17, 15) is 10.0 Å². The van der Waals surface area contributed by atoms with E-state index in [-0.39, 0.29) is 11.0 Å². The van der Waals surface area contributed by atoms with Gasteiger partial charge in [0, 0.05) is 11.6 Å². The lowest BCUT2D eigenvalue weighted by Crippen LogP contribution is -3.04. The van der Waals surface area contributed by atoms with Crippen molar-refractivity contribution in [2.24, 2.45) is 0 Å². The number of para-hydroxylation sites is 1. The molecule has 1 atom stereocenters. The highest BCUT2D eigenvalue weighted by molar-refractivity contribution is 5.88. The van der Waals surface area contributed by atoms with Crippen LogP contribution in [0.25, 0.3) is 0 Å². The van der Waals surface area contributed by atoms with E-state index in [1.54, 1.807) is 26.0 Å². The van der Waals surface area contributed by atoms with Crippen molar-refractivity contribution in [1.82, 2.24) is 0 Å². The Balaban J connectivity index is 2.68. The van der Waals surface area contributed by atoms with E-state index in [2.05, 4.69) is 0 Å². The van der Waals surface area contributed by atoms with E-state index < -0.39 is 5.41 Å². The van der Waals surface area contributed by atoms with Crippen molar-refractivity contribution in [2.45, 2.75) is 19.3 Å². The molecule has 1 aromatic carbocycles. The van der Waals surface area contributed by atoms with Crippen molar-refractivity contribution in [3.8, 4) is 0 Å². The summed E-state index contributed by atoms with van der Waals surface area (Å²) in [7, 11) is 0. The van der Waals surface area contributed by atoms with Crippen LogP contribution in [0.4, 0.5) is 5.69 Å². The number of fused-ring (bicyclic) bond motifs is 1. The summed E-state index contributed by atoms with van der Waals surface area (Å²) < 4.78 is 0. The number of amides is 1. The largest absolute Gasteiger partial charge is 0.621 e. The summed E-state index contributed by atoms with van der Waals surface area (Å²) in [4.78, 5) is 11.5. The lowest BCUT2D eigenvalue weighted by molar-refractivity contribution is -0.685. The van der Waals surface area contributed by atoms with Crippen LogP contribution >= 0.6 is 0 Å². The van der Waals surface area contributed by atoms with Crippen LogP contribution in [-0.2, 0) is 10.2 Å². The van der Waals surface area contributed by atoms with Crippen molar-refractivity contribution in [3.05, 3.63) is 35.0 Å². The van der Waals surface area contributed by atoms with Crippen LogP contribution in [0.2, 0.25) is 0 Å². The highest BCUT2D eigenvalue weighted by Crippen LogP contribution is 2.31. The molecule has 1 amide bonds. The third-order valence-electron chi connectivity index (χ3n) is 2.62. The molecule has 68 valence electrons. The molecule has 0 aromatic heterocycles. The van der Waals surface area contributed by atoms with Crippen molar-refractivity contribution < 1.29 is 9.86 Å². The number of benzene rings is 1. The van der Waals surface area contributed by atoms with Crippen LogP contribution < -0.4 is 5.06 Å². The van der Waals surface area contributed by atoms with Gasteiger partial charge in [-0.25, -0.2) is 4.79 Å². The summed E-state index contributed by atoms with van der Waals surface area (Å²) in [5.41, 5.74) is 0.788. The molecule has 3 nitrogen and oxygen atoms in total. The van der Waals surface area contributed by atoms with Gasteiger partial charge in [-0.15, -0.1) is 0 Å². The highest BCUT2D eigenvalue weighted by Gasteiger charge is 2.45. The molecule has 0 bridgehead atoms. The molecule has 13 heavy (non-hydrogen) atoms. The molecule has 1 N–H and O–H groups in total. The van der Waals surface area contributed by atoms with Gasteiger partial charge in [0.1, 0.15) is 11.1 Å². The summed E-state index contributed by atoms with van der Waals surface area (Å²) in [6.45, 7) is 3.58. The number of quaternary nitrogens is 1. The molecule has 2 rings (SSSR count). The number of hydrogen-bond acceptors (Lipinski definition) is 2. The van der Waals surface area contributed by atoms with Crippen LogP contribution in [0.5, 0.6) is 0 Å². The Morgan fingerprint density at radius 3 is 2.54 bits per heavy atom. The third kappa shape index (κ3) is 0.944. The first kappa shape index (κ1) is 8.41. The molecule has 1 aliphatic rings. The van der Waals surface area contributed by atoms with Gasteiger partial charge >= 0.3 is 5.91 Å². The molecule has 0 spiro atoms. The minimum absolute atomic E-state index is 0.297. The van der Waals surface area contributed by atoms with E-state index in [0.29, 0.717) is 5.69 Å². The van der Waals surface area contributed by atoms with Crippen LogP contribution in [0, 0.1) is 5.21 Å². The Bertz CT molecular complexity index is 371. The van der Waals surface area contributed by atoms with E-state index in [1.165, 1.54) is 0 Å². The quantitative estimate of drug-likeness (QED) is 0.587. The number of carbonyl (C=O) groups is 1. The smallest absolute Gasteiger partial charge is 0.327 e. The van der Waals surface area contributed by atoms with Gasteiger partial charge in [-0.2, -0.15) is 0 Å². The van der Waals surface area contributed by atoms with Crippen molar-refractivity contribution in [1.29, 1.82) is 0 Å². The van der Waals surface area contributed by atoms with E-state index >= 15 is 0 Å². The minimum Gasteiger partial charge on any atom is -0.621 e. The van der Waals surface area contributed by atoms with Gasteiger partial charge in [0.25, 0.3) is 0 Å². The summed E-state index contributed by atoms with van der Waals surface area (Å²) in [5.74, 6) is -0.297. The maximum absolute atomic E-state index is 11.5. The van der Waals surface area contributed by atoms with Gasteiger partial charge in [0.05, 0.1) is 0 Å². The first-order valence-electron chi connectivity index (χ1n) is 4.24. The van der Waals surface area contributed by atoms with Gasteiger partial charge in [-0.05, 0) is 13.8 Å². The third-order valence-corrected chi connectivity index (χ3v) is 2.62. The molecule has 0 radical (unpaired) electrons. The summed E-state index contributed by atoms with van der Waals surface area (Å²) in [6.07, 6.45) is 0. The second-order valence-electron chi connectivity index (χ2n) is 3.83. The molecule has 0 saturated carbocycles. The van der Waals surface area contributed by atoms with E-state index in [0.717, 1.165) is 5.56 Å². The Hall–Kier alpha value is -1.19. The standard InChI is InChI=1S/C10H11NO2/c1-10(2)7-5-3-4-6-8(7)11(13)9(10)12/h3-6,11H,1-2H3. The summed E-state index contributed by atoms with van der Waals surface area (Å²) in [6, 6.07) is 7.19. The molecule has 0 aliphatic carbocycles. The number of carbonyl (C=O) groups excluding carboxylic acids is 1. The molecule has 1 aromatic rings. The van der Waals surface area contributed by atoms with Crippen molar-refractivity contribution in [3.63, 3.8) is 0 Å². The minimum atomic E-state index is -0.631. The van der Waals surface area contributed by atoms with Gasteiger partial charge in [-0.3, -0.25) is 5.06 Å². The van der Waals surface area contributed by atoms with Crippen LogP contribution in [0.3, 0.4) is 0 Å². The number of hydroxylamine groups is 1. The van der Waals surface area contributed by atoms with E-state index in [4.69, 9.17) is 0 Å². The molecular formula is C10H11NO2. The predicted octanol–water partition coefficient (Wildman–Crippen LogP) is 0.519. The Morgan fingerprint density at radius 2 is 1.92 bits per heavy atom. The Labute approximate surface area is 76.6 Å². The molecule has 3 heteroatoms. The zero-order valence-corrected chi connectivity index (χ0v) is 7.63. The zero-order valence-electron chi connectivity index (χ0n) is 7.63. The molecule has 1 heterocycles. The van der Waals surface area contributed by atoms with Crippen molar-refractivity contribution in [2.75, 3.05) is 0 Å². The Kier molecular flexibility index (Phi) is 1.55. The highest BCUT2D eigenvalue weighted by atomic mass is 16.5. The number of hydrogen-bond donors (Lipinski definition) is 1. The van der Waals surface area contributed by atoms with Gasteiger partial charge in [0.2, 0.25) is 0 Å². The molecule has 1 aliphatic heterocycles. The lowest BCUT2D eigenvalue weighted by atomic mass is 9.86. The monoisotopic (exact) mass is 177 g/mol. The number of rotatable bonds is 0.